The van der Waals surface area contributed by atoms with Gasteiger partial charge in [-0.15, -0.1) is 0 Å². The molecule has 4 heterocycles. The van der Waals surface area contributed by atoms with Crippen LogP contribution in [-0.4, -0.2) is 92.6 Å². The average molecular weight is 765 g/mol. The van der Waals surface area contributed by atoms with Crippen molar-refractivity contribution in [3.05, 3.63) is 72.6 Å². The van der Waals surface area contributed by atoms with Crippen LogP contribution in [0.2, 0.25) is 0 Å². The lowest BCUT2D eigenvalue weighted by atomic mass is 10.0. The molecule has 7 rings (SSSR count). The normalized spacial score (nSPS) is 22.5. The number of carbonyl (C=O) groups excluding carboxylic acids is 4. The van der Waals surface area contributed by atoms with Crippen molar-refractivity contribution in [2.45, 2.75) is 84.1 Å². The number of piperidine rings is 1. The quantitative estimate of drug-likeness (QED) is 0.135. The number of aromatic nitrogens is 4. The number of ether oxygens (including phenoxy) is 2. The fraction of sp³-hybridized carbons (Fsp3) is 0.476. The fourth-order valence-electron chi connectivity index (χ4n) is 8.29. The molecule has 7 atom stereocenters. The van der Waals surface area contributed by atoms with Gasteiger partial charge in [-0.3, -0.25) is 9.59 Å². The van der Waals surface area contributed by atoms with Gasteiger partial charge in [0.1, 0.15) is 23.7 Å². The highest BCUT2D eigenvalue weighted by molar-refractivity contribution is 5.87. The molecular weight excluding hydrogens is 713 g/mol. The minimum Gasteiger partial charge on any atom is -0.453 e. The second-order valence-electron chi connectivity index (χ2n) is 16.1. The molecule has 2 saturated heterocycles. The van der Waals surface area contributed by atoms with Crippen LogP contribution in [0.25, 0.3) is 33.6 Å². The number of carbonyl (C=O) groups is 4. The minimum atomic E-state index is -0.698. The van der Waals surface area contributed by atoms with E-state index < -0.39 is 24.3 Å². The molecule has 4 amide bonds. The van der Waals surface area contributed by atoms with Crippen molar-refractivity contribution in [3.63, 3.8) is 0 Å². The van der Waals surface area contributed by atoms with E-state index in [0.717, 1.165) is 64.6 Å². The van der Waals surface area contributed by atoms with Gasteiger partial charge in [-0.05, 0) is 65.2 Å². The number of H-pyrrole nitrogens is 2. The molecule has 3 fully saturated rings. The molecule has 0 bridgehead atoms. The SMILES string of the molecule is COC(=O)NC(C(=O)N1CC(C)CC1c1ncc(-c2ccc(-c3ccc(-c4cnc(C5CC6CC6N5C(=O)C(NC(=O)OC)C(C)C)[nH]4)cc3)cc2)[nH]1)C(C)C. The number of nitrogens with zero attached hydrogens (tertiary/aromatic N) is 4. The van der Waals surface area contributed by atoms with Crippen molar-refractivity contribution in [3.8, 4) is 33.6 Å². The van der Waals surface area contributed by atoms with E-state index in [4.69, 9.17) is 19.4 Å². The molecule has 4 aromatic rings. The number of hydrogen-bond acceptors (Lipinski definition) is 8. The molecule has 56 heavy (non-hydrogen) atoms. The molecule has 2 aromatic carbocycles. The van der Waals surface area contributed by atoms with E-state index in [-0.39, 0.29) is 47.7 Å². The number of amides is 4. The Bertz CT molecular complexity index is 1970. The number of hydrogen-bond donors (Lipinski definition) is 4. The van der Waals surface area contributed by atoms with E-state index in [9.17, 15) is 19.2 Å². The third-order valence-electron chi connectivity index (χ3n) is 11.5. The molecule has 2 aliphatic heterocycles. The lowest BCUT2D eigenvalue weighted by Gasteiger charge is -2.31. The summed E-state index contributed by atoms with van der Waals surface area (Å²) in [6, 6.07) is 14.9. The van der Waals surface area contributed by atoms with E-state index in [1.54, 1.807) is 0 Å². The first-order valence-corrected chi connectivity index (χ1v) is 19.5. The number of alkyl carbamates (subject to hydrolysis) is 2. The molecular formula is C42H52N8O6. The Morgan fingerprint density at radius 3 is 1.62 bits per heavy atom. The summed E-state index contributed by atoms with van der Waals surface area (Å²) < 4.78 is 9.57. The Kier molecular flexibility index (Phi) is 10.9. The predicted octanol–water partition coefficient (Wildman–Crippen LogP) is 6.47. The molecule has 3 aliphatic rings. The molecule has 14 nitrogen and oxygen atoms in total. The Morgan fingerprint density at radius 1 is 0.679 bits per heavy atom. The van der Waals surface area contributed by atoms with Crippen molar-refractivity contribution in [1.29, 1.82) is 0 Å². The second-order valence-corrected chi connectivity index (χ2v) is 16.1. The van der Waals surface area contributed by atoms with E-state index in [2.05, 4.69) is 76.1 Å². The standard InChI is InChI=1S/C42H52N8O6/c1-22(2)35(47-41(53)55-6)39(51)49-21-24(5)16-33(49)37-43-19-30(45-37)27-12-8-25(9-13-27)26-10-14-28(15-11-26)31-20-44-38(46-31)34-18-29-17-32(29)50(34)40(52)36(23(3)4)48-42(54)56-7/h8-15,19-20,22-24,29,32-36H,16-18,21H2,1-7H3,(H,43,45)(H,44,46)(H,47,53)(H,48,54). The van der Waals surface area contributed by atoms with Gasteiger partial charge in [0.25, 0.3) is 0 Å². The molecule has 296 valence electrons. The number of aromatic amines is 2. The number of rotatable bonds is 11. The van der Waals surface area contributed by atoms with Gasteiger partial charge in [0, 0.05) is 12.6 Å². The van der Waals surface area contributed by atoms with Crippen molar-refractivity contribution >= 4 is 24.0 Å². The number of likely N-dealkylation sites (tertiary alicyclic amines) is 2. The maximum Gasteiger partial charge on any atom is 0.407 e. The number of nitrogens with one attached hydrogen (secondary N) is 4. The van der Waals surface area contributed by atoms with Crippen molar-refractivity contribution < 1.29 is 28.7 Å². The van der Waals surface area contributed by atoms with Crippen molar-refractivity contribution in [1.82, 2.24) is 40.4 Å². The van der Waals surface area contributed by atoms with Gasteiger partial charge in [-0.25, -0.2) is 19.6 Å². The van der Waals surface area contributed by atoms with Gasteiger partial charge in [0.15, 0.2) is 0 Å². The van der Waals surface area contributed by atoms with Gasteiger partial charge in [-0.1, -0.05) is 83.1 Å². The van der Waals surface area contributed by atoms with Gasteiger partial charge in [0.2, 0.25) is 11.8 Å². The van der Waals surface area contributed by atoms with Crippen LogP contribution in [-0.2, 0) is 19.1 Å². The first-order chi connectivity index (χ1) is 26.9. The molecule has 14 heteroatoms. The average Bonchev–Trinajstić information content (AvgIpc) is 3.68. The van der Waals surface area contributed by atoms with Crippen LogP contribution in [0.4, 0.5) is 9.59 Å². The highest BCUT2D eigenvalue weighted by atomic mass is 16.5. The first kappa shape index (κ1) is 38.6. The number of imidazole rings is 2. The highest BCUT2D eigenvalue weighted by Crippen LogP contribution is 2.53. The smallest absolute Gasteiger partial charge is 0.407 e. The molecule has 4 N–H and O–H groups in total. The van der Waals surface area contributed by atoms with E-state index in [1.807, 2.05) is 49.9 Å². The van der Waals surface area contributed by atoms with Crippen LogP contribution in [0.15, 0.2) is 60.9 Å². The molecule has 0 spiro atoms. The van der Waals surface area contributed by atoms with E-state index in [1.165, 1.54) is 14.2 Å². The van der Waals surface area contributed by atoms with Crippen LogP contribution in [0.1, 0.15) is 77.6 Å². The fourth-order valence-corrected chi connectivity index (χ4v) is 8.29. The Balaban J connectivity index is 1.02. The Hall–Kier alpha value is -5.66. The summed E-state index contributed by atoms with van der Waals surface area (Å²) in [6.07, 6.45) is 4.97. The van der Waals surface area contributed by atoms with Crippen molar-refractivity contribution in [2.24, 2.45) is 23.7 Å². The second kappa shape index (κ2) is 15.8. The Morgan fingerprint density at radius 2 is 1.14 bits per heavy atom. The van der Waals surface area contributed by atoms with Crippen LogP contribution >= 0.6 is 0 Å². The van der Waals surface area contributed by atoms with Gasteiger partial charge < -0.3 is 39.9 Å². The maximum atomic E-state index is 13.8. The van der Waals surface area contributed by atoms with E-state index in [0.29, 0.717) is 12.5 Å². The summed E-state index contributed by atoms with van der Waals surface area (Å²) in [5.74, 6) is 1.74. The topological polar surface area (TPSA) is 175 Å². The molecule has 0 radical (unpaired) electrons. The number of fused-ring (bicyclic) bond motifs is 1. The zero-order valence-electron chi connectivity index (χ0n) is 33.0. The largest absolute Gasteiger partial charge is 0.453 e. The van der Waals surface area contributed by atoms with Gasteiger partial charge in [-0.2, -0.15) is 0 Å². The monoisotopic (exact) mass is 764 g/mol. The van der Waals surface area contributed by atoms with Gasteiger partial charge in [0.05, 0.1) is 50.1 Å². The minimum absolute atomic E-state index is 0.0984. The summed E-state index contributed by atoms with van der Waals surface area (Å²) in [5.41, 5.74) is 5.81. The van der Waals surface area contributed by atoms with Crippen LogP contribution < -0.4 is 10.6 Å². The zero-order valence-corrected chi connectivity index (χ0v) is 33.0. The Labute approximate surface area is 327 Å². The zero-order chi connectivity index (χ0) is 39.8. The maximum absolute atomic E-state index is 13.8. The number of benzene rings is 2. The summed E-state index contributed by atoms with van der Waals surface area (Å²) in [5, 5.41) is 5.44. The summed E-state index contributed by atoms with van der Waals surface area (Å²) >= 11 is 0. The lowest BCUT2D eigenvalue weighted by Crippen LogP contribution is -2.52. The third kappa shape index (κ3) is 7.74. The van der Waals surface area contributed by atoms with Crippen LogP contribution in [0.3, 0.4) is 0 Å². The molecule has 2 aromatic heterocycles. The predicted molar refractivity (Wildman–Crippen MR) is 210 cm³/mol. The van der Waals surface area contributed by atoms with E-state index >= 15 is 0 Å². The molecule has 1 saturated carbocycles. The number of methoxy groups -OCH3 is 2. The lowest BCUT2D eigenvalue weighted by molar-refractivity contribution is -0.137. The van der Waals surface area contributed by atoms with Crippen LogP contribution in [0.5, 0.6) is 0 Å². The van der Waals surface area contributed by atoms with Crippen molar-refractivity contribution in [2.75, 3.05) is 20.8 Å². The highest BCUT2D eigenvalue weighted by Gasteiger charge is 2.56. The van der Waals surface area contributed by atoms with Crippen LogP contribution in [0, 0.1) is 23.7 Å². The summed E-state index contributed by atoms with van der Waals surface area (Å²) in [4.78, 5) is 71.6. The van der Waals surface area contributed by atoms with Gasteiger partial charge >= 0.3 is 12.2 Å². The first-order valence-electron chi connectivity index (χ1n) is 19.5. The molecule has 7 unspecified atom stereocenters. The molecule has 1 aliphatic carbocycles. The summed E-state index contributed by atoms with van der Waals surface area (Å²) in [6.45, 7) is 10.3. The third-order valence-corrected chi connectivity index (χ3v) is 11.5. The summed E-state index contributed by atoms with van der Waals surface area (Å²) in [7, 11) is 2.59.